The van der Waals surface area contributed by atoms with Crippen molar-refractivity contribution in [2.75, 3.05) is 0 Å². The number of carbonyl (C=O) groups is 1. The van der Waals surface area contributed by atoms with Gasteiger partial charge in [0.05, 0.1) is 0 Å². The van der Waals surface area contributed by atoms with Crippen molar-refractivity contribution in [1.82, 2.24) is 15.5 Å². The molecule has 30 heavy (non-hydrogen) atoms. The highest BCUT2D eigenvalue weighted by Gasteiger charge is 2.28. The normalized spacial score (nSPS) is 17.0. The van der Waals surface area contributed by atoms with Gasteiger partial charge in [-0.2, -0.15) is 0 Å². The third-order valence-corrected chi connectivity index (χ3v) is 4.75. The molecule has 1 aliphatic heterocycles. The van der Waals surface area contributed by atoms with Crippen molar-refractivity contribution < 1.29 is 13.9 Å². The number of esters is 1. The maximum absolute atomic E-state index is 12.2. The molecule has 1 unspecified atom stereocenters. The summed E-state index contributed by atoms with van der Waals surface area (Å²) in [6, 6.07) is 26.7. The van der Waals surface area contributed by atoms with Crippen molar-refractivity contribution in [3.05, 3.63) is 102 Å². The second-order valence-corrected chi connectivity index (χ2v) is 6.80. The van der Waals surface area contributed by atoms with Crippen molar-refractivity contribution in [2.24, 2.45) is 0 Å². The molecule has 2 heterocycles. The van der Waals surface area contributed by atoms with Crippen molar-refractivity contribution in [3.63, 3.8) is 0 Å². The number of nitrogens with zero attached hydrogens (tertiary/aromatic N) is 2. The Balaban J connectivity index is 1.33. The van der Waals surface area contributed by atoms with E-state index in [2.05, 4.69) is 15.5 Å². The first-order valence-corrected chi connectivity index (χ1v) is 9.50. The molecule has 1 N–H and O–H groups in total. The lowest BCUT2D eigenvalue weighted by Gasteiger charge is -2.08. The van der Waals surface area contributed by atoms with Crippen LogP contribution in [0.3, 0.4) is 0 Å². The molecular formula is C24H17N3O3. The fourth-order valence-corrected chi connectivity index (χ4v) is 3.21. The number of nitrogens with one attached hydrogen (secondary N) is 1. The summed E-state index contributed by atoms with van der Waals surface area (Å²) in [5.41, 5.74) is 3.85. The van der Waals surface area contributed by atoms with Crippen LogP contribution in [-0.2, 0) is 9.53 Å². The van der Waals surface area contributed by atoms with Crippen LogP contribution in [0.15, 0.2) is 95.0 Å². The van der Waals surface area contributed by atoms with Gasteiger partial charge in [-0.05, 0) is 35.9 Å². The Bertz CT molecular complexity index is 1200. The van der Waals surface area contributed by atoms with Gasteiger partial charge in [-0.25, -0.2) is 4.79 Å². The lowest BCUT2D eigenvalue weighted by molar-refractivity contribution is -0.139. The zero-order valence-electron chi connectivity index (χ0n) is 15.9. The van der Waals surface area contributed by atoms with E-state index in [9.17, 15) is 4.79 Å². The number of hydrogen-bond acceptors (Lipinski definition) is 6. The molecular weight excluding hydrogens is 378 g/mol. The largest absolute Gasteiger partial charge is 0.433 e. The van der Waals surface area contributed by atoms with Gasteiger partial charge < -0.3 is 14.5 Å². The molecule has 0 bridgehead atoms. The fraction of sp³-hybridized carbons (Fsp3) is 0.0417. The minimum Gasteiger partial charge on any atom is -0.433 e. The zero-order valence-corrected chi connectivity index (χ0v) is 15.9. The summed E-state index contributed by atoms with van der Waals surface area (Å²) >= 11 is 0. The van der Waals surface area contributed by atoms with E-state index in [1.807, 2.05) is 84.9 Å². The van der Waals surface area contributed by atoms with Gasteiger partial charge in [0.2, 0.25) is 11.8 Å². The first-order chi connectivity index (χ1) is 14.8. The van der Waals surface area contributed by atoms with Crippen LogP contribution >= 0.6 is 0 Å². The van der Waals surface area contributed by atoms with E-state index in [-0.39, 0.29) is 5.97 Å². The second-order valence-electron chi connectivity index (χ2n) is 6.80. The number of carbonyl (C=O) groups excluding carboxylic acids is 1. The quantitative estimate of drug-likeness (QED) is 0.402. The Morgan fingerprint density at radius 1 is 0.767 bits per heavy atom. The summed E-state index contributed by atoms with van der Waals surface area (Å²) in [5.74, 6) is 0.537. The topological polar surface area (TPSA) is 77.2 Å². The molecule has 0 spiro atoms. The van der Waals surface area contributed by atoms with Crippen LogP contribution in [0.1, 0.15) is 17.4 Å². The van der Waals surface area contributed by atoms with Crippen LogP contribution < -0.4 is 5.32 Å². The van der Waals surface area contributed by atoms with E-state index >= 15 is 0 Å². The van der Waals surface area contributed by atoms with Crippen LogP contribution in [0.5, 0.6) is 0 Å². The molecule has 1 fully saturated rings. The smallest absolute Gasteiger partial charge is 0.356 e. The van der Waals surface area contributed by atoms with E-state index in [0.29, 0.717) is 17.5 Å². The highest BCUT2D eigenvalue weighted by molar-refractivity contribution is 5.95. The van der Waals surface area contributed by atoms with Gasteiger partial charge >= 0.3 is 5.97 Å². The Morgan fingerprint density at radius 3 is 2.03 bits per heavy atom. The molecule has 1 saturated heterocycles. The van der Waals surface area contributed by atoms with Gasteiger partial charge in [0.1, 0.15) is 5.70 Å². The second kappa shape index (κ2) is 7.67. The van der Waals surface area contributed by atoms with Gasteiger partial charge in [-0.3, -0.25) is 0 Å². The summed E-state index contributed by atoms with van der Waals surface area (Å²) in [6.45, 7) is 0. The van der Waals surface area contributed by atoms with E-state index in [4.69, 9.17) is 9.15 Å². The van der Waals surface area contributed by atoms with Gasteiger partial charge in [0.15, 0.2) is 6.23 Å². The molecule has 0 saturated carbocycles. The molecule has 4 aromatic rings. The summed E-state index contributed by atoms with van der Waals surface area (Å²) in [5, 5.41) is 11.4. The van der Waals surface area contributed by atoms with E-state index in [1.54, 1.807) is 6.08 Å². The Morgan fingerprint density at radius 2 is 1.37 bits per heavy atom. The average molecular weight is 395 g/mol. The summed E-state index contributed by atoms with van der Waals surface area (Å²) < 4.78 is 11.2. The maximum atomic E-state index is 12.2. The summed E-state index contributed by atoms with van der Waals surface area (Å²) in [7, 11) is 0. The van der Waals surface area contributed by atoms with Gasteiger partial charge in [0, 0.05) is 16.7 Å². The van der Waals surface area contributed by atoms with Crippen molar-refractivity contribution >= 4 is 12.0 Å². The molecule has 1 aliphatic rings. The monoisotopic (exact) mass is 395 g/mol. The van der Waals surface area contributed by atoms with E-state index < -0.39 is 6.23 Å². The Labute approximate surface area is 172 Å². The Hall–Kier alpha value is -4.19. The van der Waals surface area contributed by atoms with Crippen LogP contribution in [0.25, 0.3) is 29.0 Å². The summed E-state index contributed by atoms with van der Waals surface area (Å²) in [4.78, 5) is 12.2. The molecule has 0 amide bonds. The highest BCUT2D eigenvalue weighted by atomic mass is 16.6. The first kappa shape index (κ1) is 17.9. The highest BCUT2D eigenvalue weighted by Crippen LogP contribution is 2.26. The molecule has 6 heteroatoms. The summed E-state index contributed by atoms with van der Waals surface area (Å²) in [6.07, 6.45) is 1.29. The molecule has 3 aromatic carbocycles. The van der Waals surface area contributed by atoms with Crippen LogP contribution in [0.2, 0.25) is 0 Å². The molecule has 0 aliphatic carbocycles. The molecule has 1 aromatic heterocycles. The number of rotatable bonds is 4. The van der Waals surface area contributed by atoms with Gasteiger partial charge in [-0.1, -0.05) is 60.7 Å². The van der Waals surface area contributed by atoms with Gasteiger partial charge in [0.25, 0.3) is 0 Å². The van der Waals surface area contributed by atoms with E-state index in [0.717, 1.165) is 22.3 Å². The Kier molecular flexibility index (Phi) is 4.57. The number of cyclic esters (lactones) is 1. The lowest BCUT2D eigenvalue weighted by atomic mass is 10.1. The molecule has 146 valence electrons. The van der Waals surface area contributed by atoms with E-state index in [1.165, 1.54) is 0 Å². The molecule has 0 radical (unpaired) electrons. The first-order valence-electron chi connectivity index (χ1n) is 9.50. The number of hydrogen-bond donors (Lipinski definition) is 1. The third kappa shape index (κ3) is 3.58. The average Bonchev–Trinajstić information content (AvgIpc) is 3.43. The minimum absolute atomic E-state index is 0.377. The van der Waals surface area contributed by atoms with Crippen molar-refractivity contribution in [2.45, 2.75) is 6.23 Å². The molecule has 6 nitrogen and oxygen atoms in total. The fourth-order valence-electron chi connectivity index (χ4n) is 3.21. The predicted octanol–water partition coefficient (Wildman–Crippen LogP) is 4.59. The predicted molar refractivity (Wildman–Crippen MR) is 112 cm³/mol. The van der Waals surface area contributed by atoms with Crippen molar-refractivity contribution in [1.29, 1.82) is 0 Å². The molecule has 1 atom stereocenters. The number of ether oxygens (including phenoxy) is 1. The standard InChI is InChI=1S/C24H17N3O3/c28-24-20(25-21(30-24)17-7-3-1-4-8-17)15-16-11-13-19(14-12-16)23-27-26-22(29-23)18-9-5-2-6-10-18/h1-15,21,25H/b20-15+. The molecule has 5 rings (SSSR count). The van der Waals surface area contributed by atoms with Crippen LogP contribution in [-0.4, -0.2) is 16.2 Å². The van der Waals surface area contributed by atoms with Crippen molar-refractivity contribution in [3.8, 4) is 22.9 Å². The van der Waals surface area contributed by atoms with Crippen LogP contribution in [0.4, 0.5) is 0 Å². The SMILES string of the molecule is O=C1OC(c2ccccc2)N/C1=C/c1ccc(-c2nnc(-c3ccccc3)o2)cc1. The zero-order chi connectivity index (χ0) is 20.3. The lowest BCUT2D eigenvalue weighted by Crippen LogP contribution is -2.12. The number of aromatic nitrogens is 2. The number of benzene rings is 3. The minimum atomic E-state index is -0.473. The van der Waals surface area contributed by atoms with Gasteiger partial charge in [-0.15, -0.1) is 10.2 Å². The maximum Gasteiger partial charge on any atom is 0.356 e. The van der Waals surface area contributed by atoms with Crippen LogP contribution in [0, 0.1) is 0 Å². The third-order valence-electron chi connectivity index (χ3n) is 4.75.